The Kier molecular flexibility index (Phi) is 4.27. The molecule has 2 rings (SSSR count). The number of carbonyl (C=O) groups excluding carboxylic acids is 1. The van der Waals surface area contributed by atoms with Crippen LogP contribution in [0.15, 0.2) is 18.3 Å². The molecule has 0 bridgehead atoms. The summed E-state index contributed by atoms with van der Waals surface area (Å²) in [5.74, 6) is 0.583. The van der Waals surface area contributed by atoms with Crippen LogP contribution in [0.1, 0.15) is 19.3 Å². The van der Waals surface area contributed by atoms with Crippen LogP contribution in [0.4, 0.5) is 5.82 Å². The maximum absolute atomic E-state index is 11.9. The minimum absolute atomic E-state index is 0.00164. The number of carbonyl (C=O) groups is 1. The van der Waals surface area contributed by atoms with Crippen LogP contribution in [0.25, 0.3) is 0 Å². The van der Waals surface area contributed by atoms with Gasteiger partial charge in [-0.2, -0.15) is 0 Å². The molecule has 1 saturated carbocycles. The normalized spacial score (nSPS) is 16.6. The Morgan fingerprint density at radius 1 is 1.58 bits per heavy atom. The van der Waals surface area contributed by atoms with E-state index >= 15 is 0 Å². The van der Waals surface area contributed by atoms with E-state index in [-0.39, 0.29) is 19.1 Å². The molecule has 0 aliphatic heterocycles. The van der Waals surface area contributed by atoms with Gasteiger partial charge in [-0.3, -0.25) is 4.79 Å². The first-order valence-electron chi connectivity index (χ1n) is 6.29. The monoisotopic (exact) mass is 283 g/mol. The van der Waals surface area contributed by atoms with Gasteiger partial charge in [-0.25, -0.2) is 4.98 Å². The van der Waals surface area contributed by atoms with Gasteiger partial charge < -0.3 is 15.3 Å². The minimum Gasteiger partial charge on any atom is -0.394 e. The van der Waals surface area contributed by atoms with E-state index < -0.39 is 5.54 Å². The molecular formula is C13H18ClN3O2. The van der Waals surface area contributed by atoms with Crippen LogP contribution in [0, 0.1) is 0 Å². The molecule has 0 spiro atoms. The van der Waals surface area contributed by atoms with E-state index in [0.717, 1.165) is 19.3 Å². The van der Waals surface area contributed by atoms with E-state index in [1.165, 1.54) is 0 Å². The zero-order valence-corrected chi connectivity index (χ0v) is 11.7. The summed E-state index contributed by atoms with van der Waals surface area (Å²) in [4.78, 5) is 17.8. The number of halogens is 1. The number of aromatic nitrogens is 1. The highest BCUT2D eigenvalue weighted by Crippen LogP contribution is 2.31. The Balaban J connectivity index is 1.89. The number of aliphatic hydroxyl groups is 1. The Bertz CT molecular complexity index is 440. The summed E-state index contributed by atoms with van der Waals surface area (Å²) in [6, 6.07) is 3.50. The van der Waals surface area contributed by atoms with Crippen molar-refractivity contribution in [3.63, 3.8) is 0 Å². The molecule has 0 aromatic carbocycles. The Labute approximate surface area is 117 Å². The molecule has 5 nitrogen and oxygen atoms in total. The first kappa shape index (κ1) is 14.1. The summed E-state index contributed by atoms with van der Waals surface area (Å²) in [6.07, 6.45) is 4.29. The fourth-order valence-electron chi connectivity index (χ4n) is 2.15. The molecule has 0 atom stereocenters. The van der Waals surface area contributed by atoms with E-state index in [1.807, 2.05) is 0 Å². The Morgan fingerprint density at radius 3 is 2.79 bits per heavy atom. The highest BCUT2D eigenvalue weighted by molar-refractivity contribution is 6.30. The second kappa shape index (κ2) is 5.75. The van der Waals surface area contributed by atoms with Crippen LogP contribution >= 0.6 is 11.6 Å². The number of pyridine rings is 1. The lowest BCUT2D eigenvalue weighted by molar-refractivity contribution is -0.123. The molecule has 0 radical (unpaired) electrons. The number of hydrogen-bond acceptors (Lipinski definition) is 4. The summed E-state index contributed by atoms with van der Waals surface area (Å²) in [5, 5.41) is 12.8. The van der Waals surface area contributed by atoms with Crippen molar-refractivity contribution in [3.8, 4) is 0 Å². The fraction of sp³-hybridized carbons (Fsp3) is 0.538. The van der Waals surface area contributed by atoms with E-state index in [1.54, 1.807) is 30.3 Å². The molecule has 1 fully saturated rings. The van der Waals surface area contributed by atoms with Gasteiger partial charge in [0.15, 0.2) is 0 Å². The number of hydrogen-bond donors (Lipinski definition) is 2. The second-order valence-electron chi connectivity index (χ2n) is 5.03. The number of aliphatic hydroxyl groups excluding tert-OH is 1. The van der Waals surface area contributed by atoms with Gasteiger partial charge in [0.1, 0.15) is 5.82 Å². The minimum atomic E-state index is -0.397. The first-order chi connectivity index (χ1) is 9.04. The summed E-state index contributed by atoms with van der Waals surface area (Å²) < 4.78 is 0. The Hall–Kier alpha value is -1.33. The number of anilines is 1. The standard InChI is InChI=1S/C13H18ClN3O2/c1-17(11-4-3-10(14)7-15-11)8-12(19)16-13(9-18)5-2-6-13/h3-4,7,18H,2,5-6,8-9H2,1H3,(H,16,19). The third-order valence-corrected chi connectivity index (χ3v) is 3.73. The molecule has 19 heavy (non-hydrogen) atoms. The highest BCUT2D eigenvalue weighted by atomic mass is 35.5. The number of nitrogens with one attached hydrogen (secondary N) is 1. The summed E-state index contributed by atoms with van der Waals surface area (Å²) in [6.45, 7) is 0.206. The SMILES string of the molecule is CN(CC(=O)NC1(CO)CCC1)c1ccc(Cl)cn1. The van der Waals surface area contributed by atoms with Gasteiger partial charge in [0.2, 0.25) is 5.91 Å². The predicted octanol–water partition coefficient (Wildman–Crippen LogP) is 1.20. The summed E-state index contributed by atoms with van der Waals surface area (Å²) in [7, 11) is 1.79. The fourth-order valence-corrected chi connectivity index (χ4v) is 2.26. The Morgan fingerprint density at radius 2 is 2.32 bits per heavy atom. The molecule has 6 heteroatoms. The number of nitrogens with zero attached hydrogens (tertiary/aromatic N) is 2. The molecule has 1 heterocycles. The molecule has 1 amide bonds. The zero-order valence-electron chi connectivity index (χ0n) is 10.9. The van der Waals surface area contributed by atoms with Crippen LogP contribution in [0.3, 0.4) is 0 Å². The summed E-state index contributed by atoms with van der Waals surface area (Å²) in [5.41, 5.74) is -0.397. The number of amides is 1. The quantitative estimate of drug-likeness (QED) is 0.852. The lowest BCUT2D eigenvalue weighted by atomic mass is 9.77. The van der Waals surface area contributed by atoms with Crippen molar-refractivity contribution in [1.82, 2.24) is 10.3 Å². The van der Waals surface area contributed by atoms with E-state index in [4.69, 9.17) is 11.6 Å². The van der Waals surface area contributed by atoms with E-state index in [9.17, 15) is 9.90 Å². The maximum Gasteiger partial charge on any atom is 0.240 e. The average molecular weight is 284 g/mol. The van der Waals surface area contributed by atoms with Crippen molar-refractivity contribution in [1.29, 1.82) is 0 Å². The van der Waals surface area contributed by atoms with Crippen LogP contribution in [-0.2, 0) is 4.79 Å². The summed E-state index contributed by atoms with van der Waals surface area (Å²) >= 11 is 5.77. The van der Waals surface area contributed by atoms with Gasteiger partial charge in [-0.15, -0.1) is 0 Å². The average Bonchev–Trinajstić information content (AvgIpc) is 2.34. The van der Waals surface area contributed by atoms with Crippen molar-refractivity contribution in [3.05, 3.63) is 23.4 Å². The van der Waals surface area contributed by atoms with Crippen molar-refractivity contribution < 1.29 is 9.90 Å². The van der Waals surface area contributed by atoms with Gasteiger partial charge in [0.25, 0.3) is 0 Å². The van der Waals surface area contributed by atoms with Gasteiger partial charge in [-0.05, 0) is 31.4 Å². The molecule has 104 valence electrons. The van der Waals surface area contributed by atoms with Gasteiger partial charge in [-0.1, -0.05) is 11.6 Å². The van der Waals surface area contributed by atoms with Crippen molar-refractivity contribution in [2.75, 3.05) is 25.1 Å². The predicted molar refractivity (Wildman–Crippen MR) is 74.3 cm³/mol. The molecule has 1 aromatic heterocycles. The molecule has 0 unspecified atom stereocenters. The van der Waals surface area contributed by atoms with Crippen LogP contribution < -0.4 is 10.2 Å². The topological polar surface area (TPSA) is 65.5 Å². The van der Waals surface area contributed by atoms with Gasteiger partial charge >= 0.3 is 0 Å². The highest BCUT2D eigenvalue weighted by Gasteiger charge is 2.37. The smallest absolute Gasteiger partial charge is 0.240 e. The number of rotatable bonds is 5. The van der Waals surface area contributed by atoms with Gasteiger partial charge in [0, 0.05) is 13.2 Å². The maximum atomic E-state index is 11.9. The van der Waals surface area contributed by atoms with E-state index in [2.05, 4.69) is 10.3 Å². The third-order valence-electron chi connectivity index (χ3n) is 3.50. The molecule has 0 saturated heterocycles. The molecule has 1 aromatic rings. The molecule has 1 aliphatic rings. The number of likely N-dealkylation sites (N-methyl/N-ethyl adjacent to an activating group) is 1. The van der Waals surface area contributed by atoms with Crippen molar-refractivity contribution in [2.24, 2.45) is 0 Å². The van der Waals surface area contributed by atoms with Crippen LogP contribution in [0.2, 0.25) is 5.02 Å². The third kappa shape index (κ3) is 3.36. The second-order valence-corrected chi connectivity index (χ2v) is 5.47. The molecule has 2 N–H and O–H groups in total. The molecule has 1 aliphatic carbocycles. The zero-order chi connectivity index (χ0) is 13.9. The lowest BCUT2D eigenvalue weighted by Crippen LogP contribution is -2.57. The largest absolute Gasteiger partial charge is 0.394 e. The van der Waals surface area contributed by atoms with E-state index in [0.29, 0.717) is 10.8 Å². The van der Waals surface area contributed by atoms with Crippen molar-refractivity contribution >= 4 is 23.3 Å². The first-order valence-corrected chi connectivity index (χ1v) is 6.67. The van der Waals surface area contributed by atoms with Crippen LogP contribution in [-0.4, -0.2) is 41.7 Å². The molecular weight excluding hydrogens is 266 g/mol. The van der Waals surface area contributed by atoms with Crippen LogP contribution in [0.5, 0.6) is 0 Å². The lowest BCUT2D eigenvalue weighted by Gasteiger charge is -2.41. The van der Waals surface area contributed by atoms with Gasteiger partial charge in [0.05, 0.1) is 23.7 Å². The van der Waals surface area contributed by atoms with Crippen molar-refractivity contribution in [2.45, 2.75) is 24.8 Å².